The molecule has 0 saturated carbocycles. The Hall–Kier alpha value is -3.40. The summed E-state index contributed by atoms with van der Waals surface area (Å²) in [6, 6.07) is 13.6. The van der Waals surface area contributed by atoms with Gasteiger partial charge in [-0.25, -0.2) is 4.98 Å². The molecule has 0 amide bonds. The summed E-state index contributed by atoms with van der Waals surface area (Å²) in [6.45, 7) is 7.91. The maximum Gasteiger partial charge on any atom is 0.193 e. The van der Waals surface area contributed by atoms with Crippen molar-refractivity contribution in [2.75, 3.05) is 5.32 Å². The van der Waals surface area contributed by atoms with Crippen LogP contribution in [0.3, 0.4) is 0 Å². The highest BCUT2D eigenvalue weighted by molar-refractivity contribution is 5.83. The predicted octanol–water partition coefficient (Wildman–Crippen LogP) is 6.33. The van der Waals surface area contributed by atoms with Crippen molar-refractivity contribution in [1.82, 2.24) is 9.55 Å². The lowest BCUT2D eigenvalue weighted by Crippen LogP contribution is -2.16. The van der Waals surface area contributed by atoms with Crippen molar-refractivity contribution in [3.05, 3.63) is 100 Å². The molecular formula is C25H31N3O. The molecule has 2 heterocycles. The van der Waals surface area contributed by atoms with E-state index in [2.05, 4.69) is 17.5 Å². The molecule has 152 valence electrons. The standard InChI is InChI=1S/C23H21N3O.C2H6.2H2/c1-16-14-17(2)24-23-22(16)20(27)15-21(25-18-10-6-3-4-7-11-18)26(23)19-12-8-5-9-13-19;1-2;;/h3-6,8-15,25H,7H2,1-2H3;1-2H3;2*1H. The summed E-state index contributed by atoms with van der Waals surface area (Å²) in [5, 5.41) is 4.07. The van der Waals surface area contributed by atoms with Crippen LogP contribution in [-0.2, 0) is 0 Å². The number of rotatable bonds is 3. The average Bonchev–Trinajstić information content (AvgIpc) is 2.98. The number of allylic oxidation sites excluding steroid dienone is 5. The number of hydrogen-bond donors (Lipinski definition) is 1. The minimum atomic E-state index is -0.0268. The first-order valence-corrected chi connectivity index (χ1v) is 10.0. The lowest BCUT2D eigenvalue weighted by molar-refractivity contribution is 1.04. The van der Waals surface area contributed by atoms with E-state index in [9.17, 15) is 4.79 Å². The Morgan fingerprint density at radius 2 is 1.83 bits per heavy atom. The van der Waals surface area contributed by atoms with E-state index in [-0.39, 0.29) is 8.28 Å². The zero-order chi connectivity index (χ0) is 20.8. The maximum atomic E-state index is 12.9. The van der Waals surface area contributed by atoms with Gasteiger partial charge < -0.3 is 5.32 Å². The topological polar surface area (TPSA) is 46.9 Å². The van der Waals surface area contributed by atoms with E-state index in [1.165, 1.54) is 0 Å². The average molecular weight is 390 g/mol. The molecule has 0 fully saturated rings. The van der Waals surface area contributed by atoms with Gasteiger partial charge in [-0.05, 0) is 50.1 Å². The second kappa shape index (κ2) is 9.20. The van der Waals surface area contributed by atoms with Crippen LogP contribution in [0.25, 0.3) is 16.7 Å². The second-order valence-corrected chi connectivity index (χ2v) is 6.65. The van der Waals surface area contributed by atoms with Crippen LogP contribution in [0.5, 0.6) is 0 Å². The van der Waals surface area contributed by atoms with Gasteiger partial charge in [0.25, 0.3) is 0 Å². The highest BCUT2D eigenvalue weighted by Crippen LogP contribution is 2.25. The molecular weight excluding hydrogens is 358 g/mol. The second-order valence-electron chi connectivity index (χ2n) is 6.65. The van der Waals surface area contributed by atoms with Crippen molar-refractivity contribution >= 4 is 16.9 Å². The molecule has 29 heavy (non-hydrogen) atoms. The first-order chi connectivity index (χ1) is 14.1. The zero-order valence-electron chi connectivity index (χ0n) is 17.4. The van der Waals surface area contributed by atoms with Gasteiger partial charge >= 0.3 is 0 Å². The number of benzene rings is 1. The number of hydrogen-bond acceptors (Lipinski definition) is 3. The molecule has 0 aliphatic heterocycles. The van der Waals surface area contributed by atoms with Crippen LogP contribution < -0.4 is 10.7 Å². The summed E-state index contributed by atoms with van der Waals surface area (Å²) >= 11 is 0. The normalized spacial score (nSPS) is 12.8. The highest BCUT2D eigenvalue weighted by Gasteiger charge is 2.15. The number of aryl methyl sites for hydroxylation is 2. The Balaban J connectivity index is 0.00000117. The molecule has 4 heteroatoms. The minimum Gasteiger partial charge on any atom is -0.341 e. The van der Waals surface area contributed by atoms with Gasteiger partial charge in [0.15, 0.2) is 11.1 Å². The molecule has 4 nitrogen and oxygen atoms in total. The maximum absolute atomic E-state index is 12.9. The van der Waals surface area contributed by atoms with Gasteiger partial charge in [0, 0.05) is 26.0 Å². The molecule has 0 atom stereocenters. The smallest absolute Gasteiger partial charge is 0.193 e. The quantitative estimate of drug-likeness (QED) is 0.569. The third-order valence-electron chi connectivity index (χ3n) is 4.58. The van der Waals surface area contributed by atoms with E-state index >= 15 is 0 Å². The van der Waals surface area contributed by atoms with Crippen molar-refractivity contribution in [3.63, 3.8) is 0 Å². The van der Waals surface area contributed by atoms with E-state index in [0.29, 0.717) is 16.9 Å². The van der Waals surface area contributed by atoms with Crippen LogP contribution in [-0.4, -0.2) is 9.55 Å². The molecule has 1 aliphatic rings. The summed E-state index contributed by atoms with van der Waals surface area (Å²) in [5.41, 5.74) is 4.38. The number of fused-ring (bicyclic) bond motifs is 1. The van der Waals surface area contributed by atoms with Crippen molar-refractivity contribution < 1.29 is 2.85 Å². The molecule has 0 spiro atoms. The molecule has 1 aliphatic carbocycles. The lowest BCUT2D eigenvalue weighted by Gasteiger charge is -2.19. The summed E-state index contributed by atoms with van der Waals surface area (Å²) in [6.07, 6.45) is 11.0. The number of nitrogens with zero attached hydrogens (tertiary/aromatic N) is 2. The first kappa shape index (κ1) is 20.3. The minimum absolute atomic E-state index is 0. The Labute approximate surface area is 174 Å². The number of para-hydroxylation sites is 1. The Kier molecular flexibility index (Phi) is 6.45. The van der Waals surface area contributed by atoms with Crippen molar-refractivity contribution in [2.45, 2.75) is 34.1 Å². The van der Waals surface area contributed by atoms with Crippen molar-refractivity contribution in [3.8, 4) is 5.69 Å². The third kappa shape index (κ3) is 4.37. The Morgan fingerprint density at radius 3 is 2.59 bits per heavy atom. The van der Waals surface area contributed by atoms with Crippen molar-refractivity contribution in [2.24, 2.45) is 0 Å². The van der Waals surface area contributed by atoms with E-state index < -0.39 is 0 Å². The third-order valence-corrected chi connectivity index (χ3v) is 4.58. The molecule has 4 rings (SSSR count). The number of anilines is 1. The van der Waals surface area contributed by atoms with E-state index in [0.717, 1.165) is 29.1 Å². The monoisotopic (exact) mass is 389 g/mol. The predicted molar refractivity (Wildman–Crippen MR) is 127 cm³/mol. The molecule has 1 N–H and O–H groups in total. The molecule has 1 aromatic carbocycles. The van der Waals surface area contributed by atoms with E-state index in [4.69, 9.17) is 4.98 Å². The van der Waals surface area contributed by atoms with Gasteiger partial charge in [-0.3, -0.25) is 9.36 Å². The van der Waals surface area contributed by atoms with Gasteiger partial charge in [-0.2, -0.15) is 0 Å². The molecule has 0 radical (unpaired) electrons. The van der Waals surface area contributed by atoms with E-state index in [1.807, 2.05) is 86.9 Å². The van der Waals surface area contributed by atoms with Crippen LogP contribution in [0.15, 0.2) is 83.3 Å². The number of aromatic nitrogens is 2. The van der Waals surface area contributed by atoms with Crippen LogP contribution in [0, 0.1) is 13.8 Å². The van der Waals surface area contributed by atoms with Crippen molar-refractivity contribution in [1.29, 1.82) is 0 Å². The summed E-state index contributed by atoms with van der Waals surface area (Å²) in [5.74, 6) is 0.703. The molecule has 2 aromatic heterocycles. The van der Waals surface area contributed by atoms with Gasteiger partial charge in [-0.15, -0.1) is 0 Å². The fourth-order valence-electron chi connectivity index (χ4n) is 3.41. The molecule has 0 bridgehead atoms. The van der Waals surface area contributed by atoms with Gasteiger partial charge in [-0.1, -0.05) is 56.4 Å². The Morgan fingerprint density at radius 1 is 1.07 bits per heavy atom. The van der Waals surface area contributed by atoms with Crippen LogP contribution in [0.1, 0.15) is 34.4 Å². The SMILES string of the molecule is CC.Cc1cc(C)c2c(=O)cc(NC3=CCC=CC=C3)n(-c3ccccc3)c2n1.[HH].[HH]. The summed E-state index contributed by atoms with van der Waals surface area (Å²) in [7, 11) is 0. The van der Waals surface area contributed by atoms with Gasteiger partial charge in [0.2, 0.25) is 0 Å². The fourth-order valence-corrected chi connectivity index (χ4v) is 3.41. The lowest BCUT2D eigenvalue weighted by atomic mass is 10.1. The molecule has 3 aromatic rings. The largest absolute Gasteiger partial charge is 0.341 e. The molecule has 0 saturated heterocycles. The highest BCUT2D eigenvalue weighted by atomic mass is 16.1. The zero-order valence-corrected chi connectivity index (χ0v) is 17.4. The van der Waals surface area contributed by atoms with Crippen LogP contribution in [0.2, 0.25) is 0 Å². The molecule has 0 unspecified atom stereocenters. The van der Waals surface area contributed by atoms with E-state index in [1.54, 1.807) is 6.07 Å². The van der Waals surface area contributed by atoms with Crippen LogP contribution in [0.4, 0.5) is 5.82 Å². The Bertz CT molecular complexity index is 1160. The summed E-state index contributed by atoms with van der Waals surface area (Å²) in [4.78, 5) is 17.6. The van der Waals surface area contributed by atoms with Gasteiger partial charge in [0.05, 0.1) is 5.39 Å². The first-order valence-electron chi connectivity index (χ1n) is 10.0. The summed E-state index contributed by atoms with van der Waals surface area (Å²) < 4.78 is 2.02. The fraction of sp³-hybridized carbons (Fsp3) is 0.200. The number of pyridine rings is 2. The van der Waals surface area contributed by atoms with Gasteiger partial charge in [0.1, 0.15) is 5.82 Å². The van der Waals surface area contributed by atoms with Crippen LogP contribution >= 0.6 is 0 Å². The number of nitrogens with one attached hydrogen (secondary N) is 1.